The molecule has 2 saturated carbocycles. The molecular weight excluding hydrogens is 238 g/mol. The van der Waals surface area contributed by atoms with Crippen molar-refractivity contribution >= 4 is 15.9 Å². The standard InChI is InChI=1S/C12H22BrN/c1-2-14(11-5-6-11)10-12(9-13)7-3-4-8-12/h11H,2-10H2,1H3. The Kier molecular flexibility index (Phi) is 3.54. The van der Waals surface area contributed by atoms with Crippen molar-refractivity contribution in [3.8, 4) is 0 Å². The first-order valence-corrected chi connectivity index (χ1v) is 7.22. The average molecular weight is 260 g/mol. The van der Waals surface area contributed by atoms with E-state index in [0.29, 0.717) is 5.41 Å². The molecule has 0 aromatic heterocycles. The monoisotopic (exact) mass is 259 g/mol. The predicted octanol–water partition coefficient (Wildman–Crippen LogP) is 3.43. The Labute approximate surface area is 96.4 Å². The second-order valence-corrected chi connectivity index (χ2v) is 5.70. The van der Waals surface area contributed by atoms with Gasteiger partial charge < -0.3 is 4.90 Å². The van der Waals surface area contributed by atoms with Crippen molar-refractivity contribution < 1.29 is 0 Å². The molecular formula is C12H22BrN. The lowest BCUT2D eigenvalue weighted by molar-refractivity contribution is 0.171. The van der Waals surface area contributed by atoms with Crippen LogP contribution in [0.1, 0.15) is 45.4 Å². The quantitative estimate of drug-likeness (QED) is 0.684. The molecule has 0 unspecified atom stereocenters. The summed E-state index contributed by atoms with van der Waals surface area (Å²) in [4.78, 5) is 2.71. The summed E-state index contributed by atoms with van der Waals surface area (Å²) in [6, 6.07) is 0.941. The third-order valence-corrected chi connectivity index (χ3v) is 5.15. The van der Waals surface area contributed by atoms with Crippen LogP contribution in [-0.4, -0.2) is 29.4 Å². The molecule has 1 nitrogen and oxygen atoms in total. The van der Waals surface area contributed by atoms with Crippen LogP contribution in [0.15, 0.2) is 0 Å². The Balaban J connectivity index is 1.91. The molecule has 2 fully saturated rings. The van der Waals surface area contributed by atoms with Gasteiger partial charge in [-0.25, -0.2) is 0 Å². The third-order valence-electron chi connectivity index (χ3n) is 3.96. The molecule has 0 saturated heterocycles. The molecule has 0 radical (unpaired) electrons. The molecule has 0 atom stereocenters. The van der Waals surface area contributed by atoms with Crippen LogP contribution in [0.3, 0.4) is 0 Å². The fourth-order valence-corrected chi connectivity index (χ4v) is 3.57. The number of halogens is 1. The number of alkyl halides is 1. The fraction of sp³-hybridized carbons (Fsp3) is 1.00. The van der Waals surface area contributed by atoms with Gasteiger partial charge in [-0.05, 0) is 37.6 Å². The van der Waals surface area contributed by atoms with Gasteiger partial charge in [0.25, 0.3) is 0 Å². The van der Waals surface area contributed by atoms with Crippen LogP contribution in [0.5, 0.6) is 0 Å². The lowest BCUT2D eigenvalue weighted by atomic mass is 9.88. The van der Waals surface area contributed by atoms with E-state index in [1.165, 1.54) is 56.9 Å². The second kappa shape index (κ2) is 4.52. The molecule has 0 bridgehead atoms. The van der Waals surface area contributed by atoms with Gasteiger partial charge in [0.15, 0.2) is 0 Å². The van der Waals surface area contributed by atoms with E-state index in [1.807, 2.05) is 0 Å². The van der Waals surface area contributed by atoms with Crippen molar-refractivity contribution in [1.82, 2.24) is 4.90 Å². The van der Waals surface area contributed by atoms with Gasteiger partial charge in [0.05, 0.1) is 0 Å². The van der Waals surface area contributed by atoms with Crippen molar-refractivity contribution in [1.29, 1.82) is 0 Å². The zero-order valence-electron chi connectivity index (χ0n) is 9.27. The van der Waals surface area contributed by atoms with E-state index in [1.54, 1.807) is 0 Å². The molecule has 2 aliphatic carbocycles. The van der Waals surface area contributed by atoms with Crippen molar-refractivity contribution in [2.75, 3.05) is 18.4 Å². The number of nitrogens with zero attached hydrogens (tertiary/aromatic N) is 1. The van der Waals surface area contributed by atoms with Crippen LogP contribution in [0.2, 0.25) is 0 Å². The van der Waals surface area contributed by atoms with E-state index in [-0.39, 0.29) is 0 Å². The first kappa shape index (κ1) is 10.9. The van der Waals surface area contributed by atoms with Crippen LogP contribution in [-0.2, 0) is 0 Å². The minimum atomic E-state index is 0.624. The Morgan fingerprint density at radius 3 is 2.36 bits per heavy atom. The van der Waals surface area contributed by atoms with Crippen molar-refractivity contribution in [3.05, 3.63) is 0 Å². The van der Waals surface area contributed by atoms with E-state index >= 15 is 0 Å². The van der Waals surface area contributed by atoms with Crippen LogP contribution < -0.4 is 0 Å². The fourth-order valence-electron chi connectivity index (χ4n) is 2.83. The molecule has 14 heavy (non-hydrogen) atoms. The Hall–Kier alpha value is 0.440. The molecule has 0 aromatic rings. The van der Waals surface area contributed by atoms with Gasteiger partial charge in [0, 0.05) is 17.9 Å². The van der Waals surface area contributed by atoms with E-state index in [4.69, 9.17) is 0 Å². The van der Waals surface area contributed by atoms with Gasteiger partial charge >= 0.3 is 0 Å². The summed E-state index contributed by atoms with van der Waals surface area (Å²) in [6.07, 6.45) is 8.70. The zero-order valence-corrected chi connectivity index (χ0v) is 10.9. The molecule has 82 valence electrons. The highest BCUT2D eigenvalue weighted by Gasteiger charge is 2.38. The molecule has 0 heterocycles. The lowest BCUT2D eigenvalue weighted by Crippen LogP contribution is -2.38. The number of hydrogen-bond donors (Lipinski definition) is 0. The van der Waals surface area contributed by atoms with E-state index in [0.717, 1.165) is 6.04 Å². The molecule has 0 amide bonds. The van der Waals surface area contributed by atoms with E-state index in [2.05, 4.69) is 27.8 Å². The highest BCUT2D eigenvalue weighted by atomic mass is 79.9. The molecule has 2 aliphatic rings. The van der Waals surface area contributed by atoms with E-state index in [9.17, 15) is 0 Å². The maximum absolute atomic E-state index is 3.73. The lowest BCUT2D eigenvalue weighted by Gasteiger charge is -2.33. The van der Waals surface area contributed by atoms with Crippen LogP contribution >= 0.6 is 15.9 Å². The van der Waals surface area contributed by atoms with E-state index < -0.39 is 0 Å². The minimum Gasteiger partial charge on any atom is -0.300 e. The Morgan fingerprint density at radius 2 is 1.93 bits per heavy atom. The normalized spacial score (nSPS) is 25.9. The number of hydrogen-bond acceptors (Lipinski definition) is 1. The molecule has 2 rings (SSSR count). The van der Waals surface area contributed by atoms with Crippen molar-refractivity contribution in [2.45, 2.75) is 51.5 Å². The van der Waals surface area contributed by atoms with Crippen LogP contribution in [0.4, 0.5) is 0 Å². The molecule has 0 spiro atoms. The summed E-state index contributed by atoms with van der Waals surface area (Å²) >= 11 is 3.73. The average Bonchev–Trinajstić information content (AvgIpc) is 2.96. The Morgan fingerprint density at radius 1 is 1.29 bits per heavy atom. The highest BCUT2D eigenvalue weighted by Crippen LogP contribution is 2.42. The van der Waals surface area contributed by atoms with Gasteiger partial charge in [0.1, 0.15) is 0 Å². The second-order valence-electron chi connectivity index (χ2n) is 5.14. The zero-order chi connectivity index (χ0) is 10.0. The maximum Gasteiger partial charge on any atom is 0.0100 e. The number of rotatable bonds is 5. The summed E-state index contributed by atoms with van der Waals surface area (Å²) < 4.78 is 0. The third kappa shape index (κ3) is 2.33. The summed E-state index contributed by atoms with van der Waals surface area (Å²) in [5.74, 6) is 0. The topological polar surface area (TPSA) is 3.24 Å². The molecule has 0 aliphatic heterocycles. The summed E-state index contributed by atoms with van der Waals surface area (Å²) in [7, 11) is 0. The van der Waals surface area contributed by atoms with Gasteiger partial charge in [-0.3, -0.25) is 0 Å². The first-order chi connectivity index (χ1) is 6.79. The van der Waals surface area contributed by atoms with Gasteiger partial charge in [0.2, 0.25) is 0 Å². The largest absolute Gasteiger partial charge is 0.300 e. The van der Waals surface area contributed by atoms with Gasteiger partial charge in [-0.2, -0.15) is 0 Å². The summed E-state index contributed by atoms with van der Waals surface area (Å²) in [5.41, 5.74) is 0.624. The maximum atomic E-state index is 3.73. The smallest absolute Gasteiger partial charge is 0.0100 e. The van der Waals surface area contributed by atoms with Gasteiger partial charge in [-0.1, -0.05) is 35.7 Å². The predicted molar refractivity (Wildman–Crippen MR) is 65.0 cm³/mol. The SMILES string of the molecule is CCN(CC1(CBr)CCCC1)C1CC1. The Bertz CT molecular complexity index is 183. The summed E-state index contributed by atoms with van der Waals surface area (Å²) in [5, 5.41) is 1.21. The summed E-state index contributed by atoms with van der Waals surface area (Å²) in [6.45, 7) is 4.91. The van der Waals surface area contributed by atoms with Crippen LogP contribution in [0, 0.1) is 5.41 Å². The highest BCUT2D eigenvalue weighted by molar-refractivity contribution is 9.09. The van der Waals surface area contributed by atoms with Crippen molar-refractivity contribution in [3.63, 3.8) is 0 Å². The first-order valence-electron chi connectivity index (χ1n) is 6.10. The van der Waals surface area contributed by atoms with Gasteiger partial charge in [-0.15, -0.1) is 0 Å². The molecule has 0 aromatic carbocycles. The van der Waals surface area contributed by atoms with Crippen molar-refractivity contribution in [2.24, 2.45) is 5.41 Å². The van der Waals surface area contributed by atoms with Crippen LogP contribution in [0.25, 0.3) is 0 Å². The minimum absolute atomic E-state index is 0.624. The molecule has 0 N–H and O–H groups in total. The molecule has 2 heteroatoms.